The summed E-state index contributed by atoms with van der Waals surface area (Å²) in [6, 6.07) is 4.76. The molecule has 10 heteroatoms. The molecule has 6 N–H and O–H groups in total. The van der Waals surface area contributed by atoms with Crippen molar-refractivity contribution in [1.82, 2.24) is 4.72 Å². The Balaban J connectivity index is 2.86. The van der Waals surface area contributed by atoms with E-state index in [4.69, 9.17) is 10.8 Å². The van der Waals surface area contributed by atoms with Crippen molar-refractivity contribution in [2.24, 2.45) is 5.73 Å². The Labute approximate surface area is 126 Å². The van der Waals surface area contributed by atoms with E-state index in [0.717, 1.165) is 12.1 Å². The number of aliphatic hydroxyl groups excluding tert-OH is 2. The van der Waals surface area contributed by atoms with Gasteiger partial charge < -0.3 is 21.1 Å². The summed E-state index contributed by atoms with van der Waals surface area (Å²) in [4.78, 5) is 20.8. The van der Waals surface area contributed by atoms with Crippen LogP contribution in [0.3, 0.4) is 0 Å². The first kappa shape index (κ1) is 18.0. The summed E-state index contributed by atoms with van der Waals surface area (Å²) in [5.41, 5.74) is 5.09. The number of hydrogen-bond donors (Lipinski definition) is 5. The van der Waals surface area contributed by atoms with Gasteiger partial charge in [-0.1, -0.05) is 12.1 Å². The number of aliphatic hydroxyl groups is 2. The fourth-order valence-electron chi connectivity index (χ4n) is 1.62. The molecule has 0 aliphatic carbocycles. The molecule has 0 aliphatic rings. The molecule has 122 valence electrons. The maximum atomic E-state index is 11.7. The lowest BCUT2D eigenvalue weighted by Crippen LogP contribution is -2.29. The Morgan fingerprint density at radius 3 is 2.18 bits per heavy atom. The molecule has 22 heavy (non-hydrogen) atoms. The number of sulfonamides is 1. The van der Waals surface area contributed by atoms with Crippen LogP contribution in [0.5, 0.6) is 0 Å². The number of carbonyl (C=O) groups is 2. The first-order valence-electron chi connectivity index (χ1n) is 6.09. The maximum Gasteiger partial charge on any atom is 0.318 e. The minimum atomic E-state index is -3.99. The lowest BCUT2D eigenvalue weighted by atomic mass is 10.0. The Hall–Kier alpha value is -2.01. The van der Waals surface area contributed by atoms with E-state index < -0.39 is 47.1 Å². The minimum Gasteiger partial charge on any atom is -0.480 e. The average Bonchev–Trinajstić information content (AvgIpc) is 2.44. The molecule has 9 nitrogen and oxygen atoms in total. The number of primary amides is 1. The second-order valence-electron chi connectivity index (χ2n) is 4.47. The SMILES string of the molecule is NC(=O)CC(O)C(O)c1ccc(S(=O)(=O)NCC(=O)O)cc1. The third-order valence-corrected chi connectivity index (χ3v) is 4.14. The summed E-state index contributed by atoms with van der Waals surface area (Å²) >= 11 is 0. The molecular formula is C12H16N2O7S. The van der Waals surface area contributed by atoms with E-state index >= 15 is 0 Å². The monoisotopic (exact) mass is 332 g/mol. The first-order chi connectivity index (χ1) is 10.1. The van der Waals surface area contributed by atoms with Crippen LogP contribution < -0.4 is 10.5 Å². The highest BCUT2D eigenvalue weighted by Gasteiger charge is 2.21. The standard InChI is InChI=1S/C12H16N2O7S/c13-10(16)5-9(15)12(19)7-1-3-8(4-2-7)22(20,21)14-6-11(17)18/h1-4,9,12,14-15,19H,5-6H2,(H2,13,16)(H,17,18). The van der Waals surface area contributed by atoms with Crippen molar-refractivity contribution in [3.63, 3.8) is 0 Å². The van der Waals surface area contributed by atoms with E-state index in [0.29, 0.717) is 0 Å². The van der Waals surface area contributed by atoms with Gasteiger partial charge in [-0.2, -0.15) is 4.72 Å². The van der Waals surface area contributed by atoms with Gasteiger partial charge in [0.2, 0.25) is 15.9 Å². The number of aliphatic carboxylic acids is 1. The van der Waals surface area contributed by atoms with Crippen LogP contribution in [-0.4, -0.2) is 48.3 Å². The van der Waals surface area contributed by atoms with Crippen LogP contribution in [0.25, 0.3) is 0 Å². The van der Waals surface area contributed by atoms with Crippen molar-refractivity contribution < 1.29 is 33.3 Å². The number of carboxylic acid groups (broad SMARTS) is 1. The topological polar surface area (TPSA) is 167 Å². The number of nitrogens with two attached hydrogens (primary N) is 1. The van der Waals surface area contributed by atoms with Crippen LogP contribution in [0, 0.1) is 0 Å². The summed E-state index contributed by atoms with van der Waals surface area (Å²) < 4.78 is 25.4. The van der Waals surface area contributed by atoms with Crippen LogP contribution in [0.4, 0.5) is 0 Å². The Morgan fingerprint density at radius 1 is 1.18 bits per heavy atom. The number of nitrogens with one attached hydrogen (secondary N) is 1. The van der Waals surface area contributed by atoms with E-state index in [1.807, 2.05) is 4.72 Å². The molecule has 0 saturated heterocycles. The van der Waals surface area contributed by atoms with Gasteiger partial charge in [0.15, 0.2) is 0 Å². The number of rotatable bonds is 8. The Kier molecular flexibility index (Phi) is 6.00. The molecule has 0 aromatic heterocycles. The van der Waals surface area contributed by atoms with E-state index in [1.54, 1.807) is 0 Å². The molecule has 1 amide bonds. The van der Waals surface area contributed by atoms with Gasteiger partial charge in [-0.05, 0) is 17.7 Å². The number of hydrogen-bond acceptors (Lipinski definition) is 6. The summed E-state index contributed by atoms with van der Waals surface area (Å²) in [6.45, 7) is -0.760. The average molecular weight is 332 g/mol. The van der Waals surface area contributed by atoms with Crippen molar-refractivity contribution in [2.45, 2.75) is 23.5 Å². The van der Waals surface area contributed by atoms with Gasteiger partial charge in [-0.25, -0.2) is 8.42 Å². The van der Waals surface area contributed by atoms with Gasteiger partial charge in [0.1, 0.15) is 12.6 Å². The van der Waals surface area contributed by atoms with Crippen LogP contribution in [0.1, 0.15) is 18.1 Å². The van der Waals surface area contributed by atoms with E-state index in [-0.39, 0.29) is 10.5 Å². The molecule has 1 rings (SSSR count). The Bertz CT molecular complexity index is 642. The quantitative estimate of drug-likeness (QED) is 0.379. The molecule has 0 radical (unpaired) electrons. The molecule has 2 atom stereocenters. The zero-order chi connectivity index (χ0) is 16.9. The lowest BCUT2D eigenvalue weighted by Gasteiger charge is -2.17. The zero-order valence-electron chi connectivity index (χ0n) is 11.3. The first-order valence-corrected chi connectivity index (χ1v) is 7.57. The Morgan fingerprint density at radius 2 is 1.73 bits per heavy atom. The largest absolute Gasteiger partial charge is 0.480 e. The molecule has 1 aromatic rings. The van der Waals surface area contributed by atoms with Crippen LogP contribution >= 0.6 is 0 Å². The number of benzene rings is 1. The van der Waals surface area contributed by atoms with E-state index in [9.17, 15) is 28.2 Å². The van der Waals surface area contributed by atoms with Gasteiger partial charge in [0.05, 0.1) is 17.4 Å². The highest BCUT2D eigenvalue weighted by Crippen LogP contribution is 2.20. The van der Waals surface area contributed by atoms with Gasteiger partial charge in [0, 0.05) is 0 Å². The molecule has 0 heterocycles. The highest BCUT2D eigenvalue weighted by molar-refractivity contribution is 7.89. The summed E-state index contributed by atoms with van der Waals surface area (Å²) in [7, 11) is -3.99. The number of carboxylic acids is 1. The maximum absolute atomic E-state index is 11.7. The van der Waals surface area contributed by atoms with E-state index in [2.05, 4.69) is 0 Å². The van der Waals surface area contributed by atoms with Crippen molar-refractivity contribution in [1.29, 1.82) is 0 Å². The van der Waals surface area contributed by atoms with Gasteiger partial charge in [-0.3, -0.25) is 9.59 Å². The summed E-state index contributed by atoms with van der Waals surface area (Å²) in [6.07, 6.45) is -3.26. The van der Waals surface area contributed by atoms with Crippen molar-refractivity contribution >= 4 is 21.9 Å². The van der Waals surface area contributed by atoms with Crippen LogP contribution in [0.15, 0.2) is 29.2 Å². The molecule has 0 saturated carbocycles. The smallest absolute Gasteiger partial charge is 0.318 e. The van der Waals surface area contributed by atoms with Crippen molar-refractivity contribution in [3.05, 3.63) is 29.8 Å². The van der Waals surface area contributed by atoms with Gasteiger partial charge in [0.25, 0.3) is 0 Å². The summed E-state index contributed by atoms with van der Waals surface area (Å²) in [5, 5.41) is 27.8. The molecular weight excluding hydrogens is 316 g/mol. The normalized spacial score (nSPS) is 14.3. The van der Waals surface area contributed by atoms with Crippen LogP contribution in [0.2, 0.25) is 0 Å². The fraction of sp³-hybridized carbons (Fsp3) is 0.333. The van der Waals surface area contributed by atoms with Gasteiger partial charge >= 0.3 is 5.97 Å². The highest BCUT2D eigenvalue weighted by atomic mass is 32.2. The molecule has 1 aromatic carbocycles. The second kappa shape index (κ2) is 7.31. The molecule has 0 bridgehead atoms. The molecule has 0 fully saturated rings. The lowest BCUT2D eigenvalue weighted by molar-refractivity contribution is -0.135. The fourth-order valence-corrected chi connectivity index (χ4v) is 2.60. The summed E-state index contributed by atoms with van der Waals surface area (Å²) in [5.74, 6) is -2.12. The van der Waals surface area contributed by atoms with Crippen molar-refractivity contribution in [2.75, 3.05) is 6.54 Å². The minimum absolute atomic E-state index is 0.186. The van der Waals surface area contributed by atoms with E-state index in [1.165, 1.54) is 12.1 Å². The van der Waals surface area contributed by atoms with Gasteiger partial charge in [-0.15, -0.1) is 0 Å². The molecule has 0 spiro atoms. The molecule has 0 aliphatic heterocycles. The predicted octanol–water partition coefficient (Wildman–Crippen LogP) is -1.68. The third-order valence-electron chi connectivity index (χ3n) is 2.72. The molecule has 2 unspecified atom stereocenters. The predicted molar refractivity (Wildman–Crippen MR) is 74.0 cm³/mol. The second-order valence-corrected chi connectivity index (χ2v) is 6.24. The number of carbonyl (C=O) groups excluding carboxylic acids is 1. The van der Waals surface area contributed by atoms with Crippen LogP contribution in [-0.2, 0) is 19.6 Å². The number of amides is 1. The third kappa shape index (κ3) is 5.07. The van der Waals surface area contributed by atoms with Crippen molar-refractivity contribution in [3.8, 4) is 0 Å². The zero-order valence-corrected chi connectivity index (χ0v) is 12.2.